The van der Waals surface area contributed by atoms with E-state index in [4.69, 9.17) is 4.74 Å². The second-order valence-electron chi connectivity index (χ2n) is 5.85. The Hall–Kier alpha value is -2.24. The van der Waals surface area contributed by atoms with Crippen LogP contribution in [0.25, 0.3) is 0 Å². The van der Waals surface area contributed by atoms with E-state index < -0.39 is 0 Å². The van der Waals surface area contributed by atoms with Crippen molar-refractivity contribution < 1.29 is 9.53 Å². The van der Waals surface area contributed by atoms with Gasteiger partial charge in [-0.25, -0.2) is 0 Å². The van der Waals surface area contributed by atoms with Gasteiger partial charge in [-0.3, -0.25) is 9.78 Å². The number of nitrogens with one attached hydrogen (secondary N) is 1. The summed E-state index contributed by atoms with van der Waals surface area (Å²) in [7, 11) is 0. The second kappa shape index (κ2) is 8.57. The number of benzene rings is 1. The van der Waals surface area contributed by atoms with Crippen LogP contribution >= 0.6 is 0 Å². The standard InChI is InChI=1S/C19H23N3O2/c23-19(22-10-12-24-13-11-22)18(16-6-2-1-3-7-16)15-20-14-17-8-4-5-9-21-17/h1-9,18,20H,10-15H2/t18-/m0/s1. The molecule has 1 aliphatic rings. The Balaban J connectivity index is 1.66. The lowest BCUT2D eigenvalue weighted by Gasteiger charge is -2.30. The van der Waals surface area contributed by atoms with Crippen LogP contribution in [0.15, 0.2) is 54.7 Å². The van der Waals surface area contributed by atoms with Crippen LogP contribution in [0.5, 0.6) is 0 Å². The maximum Gasteiger partial charge on any atom is 0.231 e. The van der Waals surface area contributed by atoms with Gasteiger partial charge >= 0.3 is 0 Å². The van der Waals surface area contributed by atoms with Crippen LogP contribution in [0.4, 0.5) is 0 Å². The zero-order valence-corrected chi connectivity index (χ0v) is 13.7. The molecule has 0 radical (unpaired) electrons. The number of nitrogens with zero attached hydrogens (tertiary/aromatic N) is 2. The summed E-state index contributed by atoms with van der Waals surface area (Å²) in [4.78, 5) is 19.2. The molecule has 0 spiro atoms. The highest BCUT2D eigenvalue weighted by Crippen LogP contribution is 2.19. The Labute approximate surface area is 142 Å². The van der Waals surface area contributed by atoms with Crippen molar-refractivity contribution >= 4 is 5.91 Å². The number of amides is 1. The molecule has 0 unspecified atom stereocenters. The monoisotopic (exact) mass is 325 g/mol. The van der Waals surface area contributed by atoms with Crippen molar-refractivity contribution in [3.63, 3.8) is 0 Å². The van der Waals surface area contributed by atoms with Crippen molar-refractivity contribution in [2.24, 2.45) is 0 Å². The summed E-state index contributed by atoms with van der Waals surface area (Å²) in [5.41, 5.74) is 2.02. The predicted octanol–water partition coefficient (Wildman–Crippen LogP) is 1.81. The van der Waals surface area contributed by atoms with Gasteiger partial charge < -0.3 is 15.0 Å². The molecule has 0 saturated carbocycles. The third kappa shape index (κ3) is 4.40. The van der Waals surface area contributed by atoms with Gasteiger partial charge in [-0.2, -0.15) is 0 Å². The molecule has 2 heterocycles. The SMILES string of the molecule is O=C([C@@H](CNCc1ccccn1)c1ccccc1)N1CCOCC1. The Morgan fingerprint density at radius 3 is 2.58 bits per heavy atom. The lowest BCUT2D eigenvalue weighted by atomic mass is 9.97. The molecule has 1 saturated heterocycles. The first kappa shape index (κ1) is 16.6. The van der Waals surface area contributed by atoms with Crippen LogP contribution in [0, 0.1) is 0 Å². The normalized spacial score (nSPS) is 15.9. The van der Waals surface area contributed by atoms with Gasteiger partial charge in [-0.05, 0) is 17.7 Å². The molecule has 1 amide bonds. The van der Waals surface area contributed by atoms with E-state index in [-0.39, 0.29) is 11.8 Å². The summed E-state index contributed by atoms with van der Waals surface area (Å²) < 4.78 is 5.36. The minimum Gasteiger partial charge on any atom is -0.378 e. The van der Waals surface area contributed by atoms with Crippen molar-refractivity contribution in [2.45, 2.75) is 12.5 Å². The molecule has 5 heteroatoms. The molecule has 0 bridgehead atoms. The van der Waals surface area contributed by atoms with Gasteiger partial charge in [0.15, 0.2) is 0 Å². The number of ether oxygens (including phenoxy) is 1. The number of aromatic nitrogens is 1. The van der Waals surface area contributed by atoms with Crippen LogP contribution < -0.4 is 5.32 Å². The van der Waals surface area contributed by atoms with Gasteiger partial charge in [-0.15, -0.1) is 0 Å². The lowest BCUT2D eigenvalue weighted by molar-refractivity contribution is -0.136. The van der Waals surface area contributed by atoms with Crippen LogP contribution in [0.3, 0.4) is 0 Å². The number of carbonyl (C=O) groups is 1. The van der Waals surface area contributed by atoms with Crippen LogP contribution in [-0.4, -0.2) is 48.6 Å². The highest BCUT2D eigenvalue weighted by Gasteiger charge is 2.26. The summed E-state index contributed by atoms with van der Waals surface area (Å²) in [5, 5.41) is 3.38. The zero-order chi connectivity index (χ0) is 16.6. The van der Waals surface area contributed by atoms with E-state index in [1.807, 2.05) is 53.4 Å². The maximum absolute atomic E-state index is 13.0. The van der Waals surface area contributed by atoms with Crippen molar-refractivity contribution in [3.05, 3.63) is 66.0 Å². The summed E-state index contributed by atoms with van der Waals surface area (Å²) in [6.07, 6.45) is 1.78. The maximum atomic E-state index is 13.0. The highest BCUT2D eigenvalue weighted by molar-refractivity contribution is 5.84. The quantitative estimate of drug-likeness (QED) is 0.880. The third-order valence-corrected chi connectivity index (χ3v) is 4.20. The number of pyridine rings is 1. The molecule has 1 atom stereocenters. The molecule has 1 aliphatic heterocycles. The average molecular weight is 325 g/mol. The summed E-state index contributed by atoms with van der Waals surface area (Å²) in [6, 6.07) is 15.8. The Kier molecular flexibility index (Phi) is 5.93. The molecule has 5 nitrogen and oxygen atoms in total. The van der Waals surface area contributed by atoms with E-state index in [2.05, 4.69) is 10.3 Å². The minimum atomic E-state index is -0.187. The van der Waals surface area contributed by atoms with E-state index in [1.54, 1.807) is 6.20 Å². The number of carbonyl (C=O) groups excluding carboxylic acids is 1. The van der Waals surface area contributed by atoms with E-state index in [9.17, 15) is 4.79 Å². The summed E-state index contributed by atoms with van der Waals surface area (Å²) in [6.45, 7) is 3.82. The fourth-order valence-corrected chi connectivity index (χ4v) is 2.88. The molecule has 0 aliphatic carbocycles. The summed E-state index contributed by atoms with van der Waals surface area (Å²) in [5.74, 6) is -0.0222. The molecule has 3 rings (SSSR count). The number of morpholine rings is 1. The van der Waals surface area contributed by atoms with Crippen LogP contribution in [-0.2, 0) is 16.1 Å². The predicted molar refractivity (Wildman–Crippen MR) is 92.5 cm³/mol. The highest BCUT2D eigenvalue weighted by atomic mass is 16.5. The second-order valence-corrected chi connectivity index (χ2v) is 5.85. The van der Waals surface area contributed by atoms with Crippen molar-refractivity contribution in [2.75, 3.05) is 32.8 Å². The smallest absolute Gasteiger partial charge is 0.231 e. The van der Waals surface area contributed by atoms with E-state index in [0.29, 0.717) is 39.4 Å². The third-order valence-electron chi connectivity index (χ3n) is 4.20. The Bertz CT molecular complexity index is 628. The molecule has 1 fully saturated rings. The molecule has 2 aromatic rings. The average Bonchev–Trinajstić information content (AvgIpc) is 2.67. The fourth-order valence-electron chi connectivity index (χ4n) is 2.88. The summed E-state index contributed by atoms with van der Waals surface area (Å²) >= 11 is 0. The van der Waals surface area contributed by atoms with Crippen LogP contribution in [0.2, 0.25) is 0 Å². The Morgan fingerprint density at radius 2 is 1.88 bits per heavy atom. The molecule has 1 N–H and O–H groups in total. The van der Waals surface area contributed by atoms with E-state index in [1.165, 1.54) is 0 Å². The van der Waals surface area contributed by atoms with Crippen LogP contribution in [0.1, 0.15) is 17.2 Å². The first-order valence-corrected chi connectivity index (χ1v) is 8.36. The van der Waals surface area contributed by atoms with Gasteiger partial charge in [-0.1, -0.05) is 36.4 Å². The molecule has 24 heavy (non-hydrogen) atoms. The minimum absolute atomic E-state index is 0.165. The molecule has 126 valence electrons. The fraction of sp³-hybridized carbons (Fsp3) is 0.368. The first-order valence-electron chi connectivity index (χ1n) is 8.36. The van der Waals surface area contributed by atoms with E-state index in [0.717, 1.165) is 11.3 Å². The molecule has 1 aromatic heterocycles. The van der Waals surface area contributed by atoms with Gasteiger partial charge in [0.2, 0.25) is 5.91 Å². The number of rotatable bonds is 6. The van der Waals surface area contributed by atoms with E-state index >= 15 is 0 Å². The first-order chi connectivity index (χ1) is 11.8. The van der Waals surface area contributed by atoms with Gasteiger partial charge in [0.05, 0.1) is 24.8 Å². The van der Waals surface area contributed by atoms with Gasteiger partial charge in [0, 0.05) is 32.4 Å². The largest absolute Gasteiger partial charge is 0.378 e. The lowest BCUT2D eigenvalue weighted by Crippen LogP contribution is -2.45. The van der Waals surface area contributed by atoms with Gasteiger partial charge in [0.25, 0.3) is 0 Å². The van der Waals surface area contributed by atoms with Crippen molar-refractivity contribution in [3.8, 4) is 0 Å². The zero-order valence-electron chi connectivity index (χ0n) is 13.7. The van der Waals surface area contributed by atoms with Crippen molar-refractivity contribution in [1.82, 2.24) is 15.2 Å². The van der Waals surface area contributed by atoms with Crippen molar-refractivity contribution in [1.29, 1.82) is 0 Å². The molecule has 1 aromatic carbocycles. The Morgan fingerprint density at radius 1 is 1.12 bits per heavy atom. The van der Waals surface area contributed by atoms with Gasteiger partial charge in [0.1, 0.15) is 0 Å². The molecular weight excluding hydrogens is 302 g/mol. The molecular formula is C19H23N3O2. The topological polar surface area (TPSA) is 54.5 Å². The number of hydrogen-bond donors (Lipinski definition) is 1. The number of hydrogen-bond acceptors (Lipinski definition) is 4.